The Kier molecular flexibility index (Phi) is 7.20. The van der Waals surface area contributed by atoms with Gasteiger partial charge in [0.15, 0.2) is 0 Å². The lowest BCUT2D eigenvalue weighted by Gasteiger charge is -2.20. The number of hydrogen-bond acceptors (Lipinski definition) is 4. The number of aromatic carboxylic acids is 1. The molecule has 156 valence electrons. The van der Waals surface area contributed by atoms with Gasteiger partial charge in [0.2, 0.25) is 0 Å². The van der Waals surface area contributed by atoms with Gasteiger partial charge in [-0.05, 0) is 63.1 Å². The normalized spacial score (nSPS) is 11.1. The predicted molar refractivity (Wildman–Crippen MR) is 108 cm³/mol. The summed E-state index contributed by atoms with van der Waals surface area (Å²) in [7, 11) is 0. The minimum atomic E-state index is -1.14. The van der Waals surface area contributed by atoms with Crippen molar-refractivity contribution in [2.24, 2.45) is 0 Å². The Morgan fingerprint density at radius 2 is 1.86 bits per heavy atom. The third-order valence-corrected chi connectivity index (χ3v) is 3.87. The van der Waals surface area contributed by atoms with Gasteiger partial charge in [0, 0.05) is 17.7 Å². The molecule has 0 unspecified atom stereocenters. The Bertz CT molecular complexity index is 889. The lowest BCUT2D eigenvalue weighted by Crippen LogP contribution is -2.32. The fourth-order valence-electron chi connectivity index (χ4n) is 2.60. The molecule has 0 aliphatic heterocycles. The van der Waals surface area contributed by atoms with Crippen LogP contribution in [-0.4, -0.2) is 29.4 Å². The molecule has 6 nitrogen and oxygen atoms in total. The lowest BCUT2D eigenvalue weighted by atomic mass is 9.99. The van der Waals surface area contributed by atoms with Crippen molar-refractivity contribution in [3.05, 3.63) is 53.3 Å². The Labute approximate surface area is 169 Å². The Morgan fingerprint density at radius 1 is 1.14 bits per heavy atom. The van der Waals surface area contributed by atoms with Gasteiger partial charge in [-0.1, -0.05) is 13.0 Å². The van der Waals surface area contributed by atoms with Crippen molar-refractivity contribution in [1.82, 2.24) is 5.32 Å². The molecule has 7 heteroatoms. The molecule has 0 atom stereocenters. The maximum Gasteiger partial charge on any atom is 0.407 e. The molecular weight excluding hydrogens is 377 g/mol. The molecule has 0 saturated carbocycles. The minimum Gasteiger partial charge on any atom is -0.493 e. The molecule has 0 bridgehead atoms. The molecule has 2 N–H and O–H groups in total. The first-order valence-electron chi connectivity index (χ1n) is 9.36. The van der Waals surface area contributed by atoms with E-state index >= 15 is 0 Å². The standard InChI is InChI=1S/C22H26FNO5/c1-5-10-28-19-9-7-14(17-12-15(20(25)26)6-8-18(17)23)11-16(19)13-24-21(27)29-22(2,3)4/h6-9,11-12H,5,10,13H2,1-4H3,(H,24,27)(H,25,26). The van der Waals surface area contributed by atoms with Crippen molar-refractivity contribution < 1.29 is 28.6 Å². The van der Waals surface area contributed by atoms with E-state index in [1.165, 1.54) is 12.1 Å². The second kappa shape index (κ2) is 9.41. The van der Waals surface area contributed by atoms with Crippen molar-refractivity contribution >= 4 is 12.1 Å². The van der Waals surface area contributed by atoms with Gasteiger partial charge >= 0.3 is 12.1 Å². The van der Waals surface area contributed by atoms with Gasteiger partial charge in [-0.3, -0.25) is 0 Å². The SMILES string of the molecule is CCCOc1ccc(-c2cc(C(=O)O)ccc2F)cc1CNC(=O)OC(C)(C)C. The average Bonchev–Trinajstić information content (AvgIpc) is 2.64. The summed E-state index contributed by atoms with van der Waals surface area (Å²) in [5, 5.41) is 11.8. The van der Waals surface area contributed by atoms with Crippen molar-refractivity contribution in [2.45, 2.75) is 46.3 Å². The van der Waals surface area contributed by atoms with E-state index in [0.717, 1.165) is 12.5 Å². The third kappa shape index (κ3) is 6.48. The van der Waals surface area contributed by atoms with Crippen molar-refractivity contribution in [2.75, 3.05) is 6.61 Å². The zero-order valence-corrected chi connectivity index (χ0v) is 17.0. The fraction of sp³-hybridized carbons (Fsp3) is 0.364. The van der Waals surface area contributed by atoms with Gasteiger partial charge in [-0.15, -0.1) is 0 Å². The van der Waals surface area contributed by atoms with Gasteiger partial charge in [0.05, 0.1) is 12.2 Å². The quantitative estimate of drug-likeness (QED) is 0.679. The van der Waals surface area contributed by atoms with Crippen LogP contribution in [0.25, 0.3) is 11.1 Å². The molecule has 0 spiro atoms. The van der Waals surface area contributed by atoms with Crippen LogP contribution in [-0.2, 0) is 11.3 Å². The van der Waals surface area contributed by atoms with Crippen LogP contribution < -0.4 is 10.1 Å². The van der Waals surface area contributed by atoms with Crippen molar-refractivity contribution in [3.63, 3.8) is 0 Å². The number of carboxylic acid groups (broad SMARTS) is 1. The van der Waals surface area contributed by atoms with Crippen LogP contribution in [0.2, 0.25) is 0 Å². The lowest BCUT2D eigenvalue weighted by molar-refractivity contribution is 0.0522. The molecule has 29 heavy (non-hydrogen) atoms. The van der Waals surface area contributed by atoms with Crippen LogP contribution in [0.3, 0.4) is 0 Å². The number of carboxylic acids is 1. The van der Waals surface area contributed by atoms with Crippen LogP contribution >= 0.6 is 0 Å². The van der Waals surface area contributed by atoms with E-state index in [2.05, 4.69) is 5.32 Å². The highest BCUT2D eigenvalue weighted by Crippen LogP contribution is 2.29. The van der Waals surface area contributed by atoms with Gasteiger partial charge in [-0.25, -0.2) is 14.0 Å². The molecule has 2 aromatic rings. The number of amides is 1. The number of halogens is 1. The summed E-state index contributed by atoms with van der Waals surface area (Å²) >= 11 is 0. The topological polar surface area (TPSA) is 84.9 Å². The number of alkyl carbamates (subject to hydrolysis) is 1. The molecule has 2 rings (SSSR count). The number of nitrogens with one attached hydrogen (secondary N) is 1. The summed E-state index contributed by atoms with van der Waals surface area (Å²) in [6.45, 7) is 7.87. The molecule has 0 radical (unpaired) electrons. The summed E-state index contributed by atoms with van der Waals surface area (Å²) in [6, 6.07) is 8.64. The molecule has 0 saturated heterocycles. The summed E-state index contributed by atoms with van der Waals surface area (Å²) in [5.41, 5.74) is 0.623. The number of carbonyl (C=O) groups excluding carboxylic acids is 1. The van der Waals surface area contributed by atoms with E-state index < -0.39 is 23.5 Å². The summed E-state index contributed by atoms with van der Waals surface area (Å²) < 4.78 is 25.3. The largest absolute Gasteiger partial charge is 0.493 e. The van der Waals surface area contributed by atoms with Crippen molar-refractivity contribution in [1.29, 1.82) is 0 Å². The smallest absolute Gasteiger partial charge is 0.407 e. The maximum atomic E-state index is 14.3. The van der Waals surface area contributed by atoms with Gasteiger partial charge in [0.1, 0.15) is 17.2 Å². The minimum absolute atomic E-state index is 0.0128. The van der Waals surface area contributed by atoms with Crippen LogP contribution in [0.15, 0.2) is 36.4 Å². The van der Waals surface area contributed by atoms with Gasteiger partial charge in [-0.2, -0.15) is 0 Å². The highest BCUT2D eigenvalue weighted by atomic mass is 19.1. The van der Waals surface area contributed by atoms with Crippen LogP contribution in [0.4, 0.5) is 9.18 Å². The van der Waals surface area contributed by atoms with Crippen LogP contribution in [0.1, 0.15) is 50.0 Å². The average molecular weight is 403 g/mol. The van der Waals surface area contributed by atoms with Crippen LogP contribution in [0.5, 0.6) is 5.75 Å². The first-order chi connectivity index (χ1) is 13.6. The first kappa shape index (κ1) is 22.2. The molecular formula is C22H26FNO5. The second-order valence-electron chi connectivity index (χ2n) is 7.53. The molecule has 0 aliphatic rings. The summed E-state index contributed by atoms with van der Waals surface area (Å²) in [6.07, 6.45) is 0.221. The zero-order chi connectivity index (χ0) is 21.6. The third-order valence-electron chi connectivity index (χ3n) is 3.87. The van der Waals surface area contributed by atoms with Gasteiger partial charge < -0.3 is 19.9 Å². The Morgan fingerprint density at radius 3 is 2.48 bits per heavy atom. The first-order valence-corrected chi connectivity index (χ1v) is 9.36. The van der Waals surface area contributed by atoms with E-state index in [1.807, 2.05) is 6.92 Å². The predicted octanol–water partition coefficient (Wildman–Crippen LogP) is 5.00. The highest BCUT2D eigenvalue weighted by molar-refractivity contribution is 5.89. The molecule has 0 aromatic heterocycles. The Hall–Kier alpha value is -3.09. The molecule has 1 amide bonds. The molecule has 0 aliphatic carbocycles. The van der Waals surface area contributed by atoms with Crippen LogP contribution in [0, 0.1) is 5.82 Å². The van der Waals surface area contributed by atoms with E-state index in [9.17, 15) is 19.1 Å². The fourth-order valence-corrected chi connectivity index (χ4v) is 2.60. The zero-order valence-electron chi connectivity index (χ0n) is 17.0. The van der Waals surface area contributed by atoms with Crippen molar-refractivity contribution in [3.8, 4) is 16.9 Å². The highest BCUT2D eigenvalue weighted by Gasteiger charge is 2.17. The summed E-state index contributed by atoms with van der Waals surface area (Å²) in [4.78, 5) is 23.2. The molecule has 0 heterocycles. The van der Waals surface area contributed by atoms with E-state index in [1.54, 1.807) is 39.0 Å². The number of ether oxygens (including phenoxy) is 2. The number of hydrogen-bond donors (Lipinski definition) is 2. The molecule has 0 fully saturated rings. The van der Waals surface area contributed by atoms with Gasteiger partial charge in [0.25, 0.3) is 0 Å². The number of carbonyl (C=O) groups is 2. The van der Waals surface area contributed by atoms with E-state index in [4.69, 9.17) is 9.47 Å². The van der Waals surface area contributed by atoms with E-state index in [-0.39, 0.29) is 17.7 Å². The summed E-state index contributed by atoms with van der Waals surface area (Å²) in [5.74, 6) is -1.12. The van der Waals surface area contributed by atoms with E-state index in [0.29, 0.717) is 23.5 Å². The Balaban J connectivity index is 2.34. The second-order valence-corrected chi connectivity index (χ2v) is 7.53. The number of rotatable bonds is 7. The molecule has 2 aromatic carbocycles. The monoisotopic (exact) mass is 403 g/mol. The maximum absolute atomic E-state index is 14.3. The number of benzene rings is 2.